The van der Waals surface area contributed by atoms with E-state index in [9.17, 15) is 0 Å². The predicted molar refractivity (Wildman–Crippen MR) is 69.8 cm³/mol. The van der Waals surface area contributed by atoms with E-state index in [1.165, 1.54) is 44.1 Å². The lowest BCUT2D eigenvalue weighted by Crippen LogP contribution is -2.03. The summed E-state index contributed by atoms with van der Waals surface area (Å²) >= 11 is 3.61. The van der Waals surface area contributed by atoms with Crippen molar-refractivity contribution >= 4 is 15.9 Å². The Kier molecular flexibility index (Phi) is 3.85. The predicted octanol–water partition coefficient (Wildman–Crippen LogP) is 4.28. The number of benzene rings is 1. The van der Waals surface area contributed by atoms with Crippen molar-refractivity contribution in [1.29, 1.82) is 0 Å². The lowest BCUT2D eigenvalue weighted by Gasteiger charge is -2.16. The lowest BCUT2D eigenvalue weighted by atomic mass is 9.89. The van der Waals surface area contributed by atoms with Crippen LogP contribution in [-0.4, -0.2) is 4.83 Å². The van der Waals surface area contributed by atoms with Crippen LogP contribution in [0.1, 0.15) is 42.9 Å². The quantitative estimate of drug-likeness (QED) is 0.717. The summed E-state index contributed by atoms with van der Waals surface area (Å²) in [4.78, 5) is 0.633. The summed E-state index contributed by atoms with van der Waals surface area (Å²) in [5.74, 6) is 0. The van der Waals surface area contributed by atoms with Crippen LogP contribution < -0.4 is 0 Å². The van der Waals surface area contributed by atoms with Gasteiger partial charge in [0, 0.05) is 4.83 Å². The van der Waals surface area contributed by atoms with Gasteiger partial charge in [-0.15, -0.1) is 0 Å². The molecular formula is C14H19Br. The first-order valence-electron chi connectivity index (χ1n) is 6.00. The first-order valence-corrected chi connectivity index (χ1v) is 6.92. The van der Waals surface area contributed by atoms with Crippen molar-refractivity contribution < 1.29 is 0 Å². The van der Waals surface area contributed by atoms with E-state index in [1.54, 1.807) is 11.1 Å². The maximum absolute atomic E-state index is 3.61. The van der Waals surface area contributed by atoms with E-state index in [0.717, 1.165) is 0 Å². The molecule has 0 nitrogen and oxygen atoms in total. The molecule has 1 atom stereocenters. The average molecular weight is 267 g/mol. The van der Waals surface area contributed by atoms with Crippen molar-refractivity contribution in [3.8, 4) is 0 Å². The number of hydrogen-bond acceptors (Lipinski definition) is 0. The highest BCUT2D eigenvalue weighted by molar-refractivity contribution is 9.09. The molecular weight excluding hydrogens is 248 g/mol. The van der Waals surface area contributed by atoms with Crippen LogP contribution in [0.25, 0.3) is 0 Å². The van der Waals surface area contributed by atoms with Gasteiger partial charge in [-0.05, 0) is 55.2 Å². The Balaban J connectivity index is 2.07. The fourth-order valence-corrected chi connectivity index (χ4v) is 2.54. The highest BCUT2D eigenvalue weighted by Gasteiger charge is 2.09. The maximum atomic E-state index is 3.61. The van der Waals surface area contributed by atoms with Crippen LogP contribution in [0, 0.1) is 0 Å². The Morgan fingerprint density at radius 3 is 2.67 bits per heavy atom. The molecule has 0 aliphatic heterocycles. The van der Waals surface area contributed by atoms with Crippen molar-refractivity contribution in [2.75, 3.05) is 0 Å². The fourth-order valence-electron chi connectivity index (χ4n) is 2.31. The Hall–Kier alpha value is -0.300. The van der Waals surface area contributed by atoms with E-state index in [0.29, 0.717) is 4.83 Å². The summed E-state index contributed by atoms with van der Waals surface area (Å²) in [7, 11) is 0. The van der Waals surface area contributed by atoms with Gasteiger partial charge in [0.15, 0.2) is 0 Å². The highest BCUT2D eigenvalue weighted by Crippen LogP contribution is 2.23. The van der Waals surface area contributed by atoms with Gasteiger partial charge in [0.1, 0.15) is 0 Å². The molecule has 0 bridgehead atoms. The molecule has 1 unspecified atom stereocenters. The minimum Gasteiger partial charge on any atom is -0.0894 e. The SMILES string of the molecule is CC(Br)CCc1ccc2c(c1)CCCC2. The van der Waals surface area contributed by atoms with Crippen LogP contribution >= 0.6 is 15.9 Å². The van der Waals surface area contributed by atoms with Crippen molar-refractivity contribution in [3.05, 3.63) is 34.9 Å². The first kappa shape index (κ1) is 11.2. The summed E-state index contributed by atoms with van der Waals surface area (Å²) in [6.07, 6.45) is 7.80. The lowest BCUT2D eigenvalue weighted by molar-refractivity contribution is 0.683. The van der Waals surface area contributed by atoms with Crippen LogP contribution in [0.3, 0.4) is 0 Å². The summed E-state index contributed by atoms with van der Waals surface area (Å²) in [6.45, 7) is 2.22. The zero-order valence-electron chi connectivity index (χ0n) is 9.43. The Morgan fingerprint density at radius 1 is 1.20 bits per heavy atom. The van der Waals surface area contributed by atoms with E-state index in [1.807, 2.05) is 0 Å². The Morgan fingerprint density at radius 2 is 1.93 bits per heavy atom. The van der Waals surface area contributed by atoms with Crippen LogP contribution in [0.4, 0.5) is 0 Å². The second kappa shape index (κ2) is 5.16. The molecule has 0 amide bonds. The molecule has 2 rings (SSSR count). The van der Waals surface area contributed by atoms with Gasteiger partial charge in [0.2, 0.25) is 0 Å². The van der Waals surface area contributed by atoms with Crippen LogP contribution in [-0.2, 0) is 19.3 Å². The second-order valence-corrected chi connectivity index (χ2v) is 6.19. The average Bonchev–Trinajstić information content (AvgIpc) is 2.26. The standard InChI is InChI=1S/C14H19Br/c1-11(15)6-7-12-8-9-13-4-2-3-5-14(13)10-12/h8-11H,2-7H2,1H3. The molecule has 0 N–H and O–H groups in total. The Labute approximate surface area is 101 Å². The third kappa shape index (κ3) is 3.07. The number of alkyl halides is 1. The molecule has 82 valence electrons. The minimum atomic E-state index is 0.633. The third-order valence-corrected chi connectivity index (χ3v) is 3.70. The van der Waals surface area contributed by atoms with Gasteiger partial charge in [0.05, 0.1) is 0 Å². The molecule has 0 saturated carbocycles. The Bertz CT molecular complexity index is 328. The summed E-state index contributed by atoms with van der Waals surface area (Å²) < 4.78 is 0. The zero-order valence-corrected chi connectivity index (χ0v) is 11.0. The second-order valence-electron chi connectivity index (χ2n) is 4.63. The molecule has 1 aromatic carbocycles. The molecule has 15 heavy (non-hydrogen) atoms. The molecule has 0 heterocycles. The molecule has 0 fully saturated rings. The number of rotatable bonds is 3. The van der Waals surface area contributed by atoms with E-state index < -0.39 is 0 Å². The minimum absolute atomic E-state index is 0.633. The molecule has 1 aromatic rings. The fraction of sp³-hybridized carbons (Fsp3) is 0.571. The van der Waals surface area contributed by atoms with Gasteiger partial charge >= 0.3 is 0 Å². The normalized spacial score (nSPS) is 17.2. The zero-order chi connectivity index (χ0) is 10.7. The summed E-state index contributed by atoms with van der Waals surface area (Å²) in [5.41, 5.74) is 4.72. The van der Waals surface area contributed by atoms with Crippen molar-refractivity contribution in [2.45, 2.75) is 50.3 Å². The van der Waals surface area contributed by atoms with E-state index in [-0.39, 0.29) is 0 Å². The van der Waals surface area contributed by atoms with Crippen molar-refractivity contribution in [3.63, 3.8) is 0 Å². The number of halogens is 1. The molecule has 0 radical (unpaired) electrons. The number of fused-ring (bicyclic) bond motifs is 1. The van der Waals surface area contributed by atoms with Gasteiger partial charge in [0.25, 0.3) is 0 Å². The van der Waals surface area contributed by atoms with Crippen LogP contribution in [0.2, 0.25) is 0 Å². The maximum Gasteiger partial charge on any atom is 0.0120 e. The largest absolute Gasteiger partial charge is 0.0894 e. The first-order chi connectivity index (χ1) is 7.25. The molecule has 0 saturated heterocycles. The van der Waals surface area contributed by atoms with Gasteiger partial charge in [-0.3, -0.25) is 0 Å². The topological polar surface area (TPSA) is 0 Å². The third-order valence-electron chi connectivity index (χ3n) is 3.24. The van der Waals surface area contributed by atoms with E-state index in [2.05, 4.69) is 41.1 Å². The molecule has 1 aliphatic carbocycles. The van der Waals surface area contributed by atoms with Crippen molar-refractivity contribution in [2.24, 2.45) is 0 Å². The van der Waals surface area contributed by atoms with Gasteiger partial charge in [-0.2, -0.15) is 0 Å². The smallest absolute Gasteiger partial charge is 0.0120 e. The van der Waals surface area contributed by atoms with Crippen LogP contribution in [0.5, 0.6) is 0 Å². The molecule has 0 spiro atoms. The number of hydrogen-bond donors (Lipinski definition) is 0. The van der Waals surface area contributed by atoms with Gasteiger partial charge in [-0.1, -0.05) is 41.1 Å². The van der Waals surface area contributed by atoms with E-state index >= 15 is 0 Å². The van der Waals surface area contributed by atoms with Crippen LogP contribution in [0.15, 0.2) is 18.2 Å². The van der Waals surface area contributed by atoms with E-state index in [4.69, 9.17) is 0 Å². The van der Waals surface area contributed by atoms with Gasteiger partial charge in [-0.25, -0.2) is 0 Å². The molecule has 1 aliphatic rings. The van der Waals surface area contributed by atoms with Crippen molar-refractivity contribution in [1.82, 2.24) is 0 Å². The summed E-state index contributed by atoms with van der Waals surface area (Å²) in [5, 5.41) is 0. The highest BCUT2D eigenvalue weighted by atomic mass is 79.9. The number of aryl methyl sites for hydroxylation is 3. The van der Waals surface area contributed by atoms with Gasteiger partial charge < -0.3 is 0 Å². The monoisotopic (exact) mass is 266 g/mol. The summed E-state index contributed by atoms with van der Waals surface area (Å²) in [6, 6.07) is 7.10. The molecule has 0 aromatic heterocycles. The molecule has 1 heteroatoms.